The van der Waals surface area contributed by atoms with Crippen molar-refractivity contribution < 1.29 is 9.53 Å². The molecule has 4 rings (SSSR count). The Balaban J connectivity index is 1.49. The lowest BCUT2D eigenvalue weighted by atomic mass is 10.1. The Bertz CT molecular complexity index is 1080. The summed E-state index contributed by atoms with van der Waals surface area (Å²) in [5, 5.41) is 11.7. The Kier molecular flexibility index (Phi) is 7.72. The summed E-state index contributed by atoms with van der Waals surface area (Å²) in [5.74, 6) is 0.311. The highest BCUT2D eigenvalue weighted by molar-refractivity contribution is 6.30. The van der Waals surface area contributed by atoms with Crippen molar-refractivity contribution in [2.24, 2.45) is 0 Å². The number of morpholine rings is 1. The fraction of sp³-hybridized carbons (Fsp3) is 0.304. The molecular weight excluding hydrogens is 463 g/mol. The van der Waals surface area contributed by atoms with E-state index in [1.807, 2.05) is 24.3 Å². The average molecular weight is 489 g/mol. The predicted octanol–water partition coefficient (Wildman–Crippen LogP) is 4.27. The van der Waals surface area contributed by atoms with Gasteiger partial charge in [-0.25, -0.2) is 9.48 Å². The van der Waals surface area contributed by atoms with Crippen molar-refractivity contribution in [2.75, 3.05) is 50.4 Å². The van der Waals surface area contributed by atoms with Crippen molar-refractivity contribution in [3.8, 4) is 16.9 Å². The van der Waals surface area contributed by atoms with Crippen LogP contribution in [-0.4, -0.2) is 60.1 Å². The van der Waals surface area contributed by atoms with Gasteiger partial charge in [0, 0.05) is 35.2 Å². The fourth-order valence-corrected chi connectivity index (χ4v) is 3.88. The van der Waals surface area contributed by atoms with Gasteiger partial charge in [0.1, 0.15) is 11.4 Å². The van der Waals surface area contributed by atoms with E-state index in [0.717, 1.165) is 50.5 Å². The third-order valence-corrected chi connectivity index (χ3v) is 5.89. The number of urea groups is 1. The average Bonchev–Trinajstić information content (AvgIpc) is 3.14. The maximum Gasteiger partial charge on any atom is 0.319 e. The standard InChI is InChI=1S/C23H26Cl2N6O2/c24-17-4-2-16(3-5-17)20-21(22(26)31(29-20)19-8-6-18(25)7-9-19)28-23(32)27-10-1-11-30-12-14-33-15-13-30/h2-9H,1,10-15,26H2,(H2,27,28,32). The summed E-state index contributed by atoms with van der Waals surface area (Å²) in [4.78, 5) is 15.0. The molecule has 0 saturated carbocycles. The van der Waals surface area contributed by atoms with E-state index in [4.69, 9.17) is 33.7 Å². The first-order valence-corrected chi connectivity index (χ1v) is 11.5. The topological polar surface area (TPSA) is 97.4 Å². The molecule has 1 aliphatic rings. The molecule has 2 amide bonds. The van der Waals surface area contributed by atoms with Crippen molar-refractivity contribution in [3.63, 3.8) is 0 Å². The number of nitrogens with zero attached hydrogens (tertiary/aromatic N) is 3. The first kappa shape index (κ1) is 23.4. The Morgan fingerprint density at radius 3 is 2.33 bits per heavy atom. The van der Waals surface area contributed by atoms with Crippen molar-refractivity contribution in [3.05, 3.63) is 58.6 Å². The zero-order valence-electron chi connectivity index (χ0n) is 18.1. The summed E-state index contributed by atoms with van der Waals surface area (Å²) in [7, 11) is 0. The summed E-state index contributed by atoms with van der Waals surface area (Å²) in [6, 6.07) is 14.0. The fourth-order valence-electron chi connectivity index (χ4n) is 3.63. The Morgan fingerprint density at radius 2 is 1.67 bits per heavy atom. The molecule has 0 unspecified atom stereocenters. The summed E-state index contributed by atoms with van der Waals surface area (Å²) in [5.41, 5.74) is 8.90. The van der Waals surface area contributed by atoms with Gasteiger partial charge in [-0.2, -0.15) is 5.10 Å². The number of carbonyl (C=O) groups excluding carboxylic acids is 1. The van der Waals surface area contributed by atoms with E-state index in [-0.39, 0.29) is 6.03 Å². The molecule has 2 aromatic carbocycles. The lowest BCUT2D eigenvalue weighted by molar-refractivity contribution is 0.0375. The van der Waals surface area contributed by atoms with Gasteiger partial charge in [-0.05, 0) is 49.4 Å². The maximum absolute atomic E-state index is 12.7. The normalized spacial score (nSPS) is 14.2. The maximum atomic E-state index is 12.7. The van der Waals surface area contributed by atoms with Crippen LogP contribution in [0.25, 0.3) is 16.9 Å². The summed E-state index contributed by atoms with van der Waals surface area (Å²) in [6.07, 6.45) is 0.844. The summed E-state index contributed by atoms with van der Waals surface area (Å²) < 4.78 is 6.94. The predicted molar refractivity (Wildman–Crippen MR) is 132 cm³/mol. The lowest BCUT2D eigenvalue weighted by Gasteiger charge is -2.26. The molecule has 10 heteroatoms. The van der Waals surface area contributed by atoms with Crippen LogP contribution in [0.15, 0.2) is 48.5 Å². The SMILES string of the molecule is Nc1c(NC(=O)NCCCN2CCOCC2)c(-c2ccc(Cl)cc2)nn1-c1ccc(Cl)cc1. The third-order valence-electron chi connectivity index (χ3n) is 5.39. The van der Waals surface area contributed by atoms with Crippen molar-refractivity contribution >= 4 is 40.7 Å². The number of amides is 2. The second-order valence-corrected chi connectivity index (χ2v) is 8.57. The van der Waals surface area contributed by atoms with Gasteiger partial charge in [-0.1, -0.05) is 35.3 Å². The smallest absolute Gasteiger partial charge is 0.319 e. The van der Waals surface area contributed by atoms with Gasteiger partial charge in [0.25, 0.3) is 0 Å². The molecule has 33 heavy (non-hydrogen) atoms. The number of carbonyl (C=O) groups is 1. The Hall–Kier alpha value is -2.78. The molecule has 2 heterocycles. The minimum Gasteiger partial charge on any atom is -0.382 e. The molecule has 0 aliphatic carbocycles. The molecule has 0 bridgehead atoms. The van der Waals surface area contributed by atoms with Gasteiger partial charge < -0.3 is 21.1 Å². The van der Waals surface area contributed by atoms with E-state index >= 15 is 0 Å². The molecule has 174 valence electrons. The second kappa shape index (κ2) is 10.9. The summed E-state index contributed by atoms with van der Waals surface area (Å²) >= 11 is 12.1. The number of ether oxygens (including phenoxy) is 1. The number of halogens is 2. The molecule has 0 atom stereocenters. The van der Waals surface area contributed by atoms with Crippen LogP contribution in [-0.2, 0) is 4.74 Å². The van der Waals surface area contributed by atoms with Crippen LogP contribution in [0.1, 0.15) is 6.42 Å². The van der Waals surface area contributed by atoms with Gasteiger partial charge in [0.05, 0.1) is 18.9 Å². The third kappa shape index (κ3) is 5.97. The Labute approximate surface area is 202 Å². The molecule has 1 aliphatic heterocycles. The number of nitrogen functional groups attached to an aromatic ring is 1. The highest BCUT2D eigenvalue weighted by Gasteiger charge is 2.20. The molecule has 0 spiro atoms. The molecule has 3 aromatic rings. The molecule has 1 saturated heterocycles. The number of nitrogens with two attached hydrogens (primary N) is 1. The minimum absolute atomic E-state index is 0.311. The van der Waals surface area contributed by atoms with E-state index in [2.05, 4.69) is 20.6 Å². The molecule has 1 fully saturated rings. The molecular formula is C23H26Cl2N6O2. The lowest BCUT2D eigenvalue weighted by Crippen LogP contribution is -2.38. The van der Waals surface area contributed by atoms with Crippen LogP contribution in [0.5, 0.6) is 0 Å². The number of benzene rings is 2. The van der Waals surface area contributed by atoms with E-state index in [1.165, 1.54) is 0 Å². The van der Waals surface area contributed by atoms with E-state index in [0.29, 0.717) is 33.8 Å². The van der Waals surface area contributed by atoms with Crippen molar-refractivity contribution in [1.82, 2.24) is 20.0 Å². The zero-order chi connectivity index (χ0) is 23.2. The summed E-state index contributed by atoms with van der Waals surface area (Å²) in [6.45, 7) is 4.84. The number of nitrogens with one attached hydrogen (secondary N) is 2. The van der Waals surface area contributed by atoms with Crippen LogP contribution in [0.2, 0.25) is 10.0 Å². The largest absolute Gasteiger partial charge is 0.382 e. The van der Waals surface area contributed by atoms with Gasteiger partial charge in [-0.3, -0.25) is 4.90 Å². The van der Waals surface area contributed by atoms with Crippen LogP contribution in [0, 0.1) is 0 Å². The van der Waals surface area contributed by atoms with Crippen molar-refractivity contribution in [1.29, 1.82) is 0 Å². The van der Waals surface area contributed by atoms with Gasteiger partial charge >= 0.3 is 6.03 Å². The quantitative estimate of drug-likeness (QED) is 0.431. The molecule has 8 nitrogen and oxygen atoms in total. The van der Waals surface area contributed by atoms with Gasteiger partial charge in [0.15, 0.2) is 5.82 Å². The van der Waals surface area contributed by atoms with Gasteiger partial charge in [-0.15, -0.1) is 0 Å². The number of hydrogen-bond donors (Lipinski definition) is 3. The van der Waals surface area contributed by atoms with Crippen LogP contribution < -0.4 is 16.4 Å². The van der Waals surface area contributed by atoms with Crippen LogP contribution in [0.4, 0.5) is 16.3 Å². The number of rotatable bonds is 7. The number of hydrogen-bond acceptors (Lipinski definition) is 5. The highest BCUT2D eigenvalue weighted by Crippen LogP contribution is 2.34. The van der Waals surface area contributed by atoms with Gasteiger partial charge in [0.2, 0.25) is 0 Å². The minimum atomic E-state index is -0.338. The number of aromatic nitrogens is 2. The first-order valence-electron chi connectivity index (χ1n) is 10.8. The monoisotopic (exact) mass is 488 g/mol. The highest BCUT2D eigenvalue weighted by atomic mass is 35.5. The second-order valence-electron chi connectivity index (χ2n) is 7.69. The molecule has 4 N–H and O–H groups in total. The first-order chi connectivity index (χ1) is 16.0. The Morgan fingerprint density at radius 1 is 1.03 bits per heavy atom. The van der Waals surface area contributed by atoms with E-state index < -0.39 is 0 Å². The zero-order valence-corrected chi connectivity index (χ0v) is 19.6. The molecule has 0 radical (unpaired) electrons. The van der Waals surface area contributed by atoms with Crippen molar-refractivity contribution in [2.45, 2.75) is 6.42 Å². The van der Waals surface area contributed by atoms with Crippen LogP contribution >= 0.6 is 23.2 Å². The van der Waals surface area contributed by atoms with E-state index in [1.54, 1.807) is 28.9 Å². The van der Waals surface area contributed by atoms with Crippen LogP contribution in [0.3, 0.4) is 0 Å². The number of anilines is 2. The molecule has 1 aromatic heterocycles. The van der Waals surface area contributed by atoms with E-state index in [9.17, 15) is 4.79 Å².